The molecule has 0 radical (unpaired) electrons. The first-order chi connectivity index (χ1) is 9.80. The topological polar surface area (TPSA) is 92.4 Å². The lowest BCUT2D eigenvalue weighted by Crippen LogP contribution is -2.46. The molecular weight excluding hydrogens is 268 g/mol. The van der Waals surface area contributed by atoms with Crippen molar-refractivity contribution in [3.63, 3.8) is 0 Å². The summed E-state index contributed by atoms with van der Waals surface area (Å²) in [5.41, 5.74) is 6.45. The third-order valence-corrected chi connectivity index (χ3v) is 4.10. The second-order valence-electron chi connectivity index (χ2n) is 6.26. The van der Waals surface area contributed by atoms with Crippen molar-refractivity contribution in [3.05, 3.63) is 29.8 Å². The maximum Gasteiger partial charge on any atom is 0.305 e. The van der Waals surface area contributed by atoms with Crippen LogP contribution in [0.25, 0.3) is 0 Å². The molecule has 2 rings (SSSR count). The second kappa shape index (κ2) is 5.76. The standard InChI is InChI=1S/C16H22N2O3/c1-16(2,11-5-7-12(17)8-6-11)15(21)18-13(9-14(19)20)10-3-4-10/h5-8,10,13H,3-4,9,17H2,1-2H3,(H,18,21)(H,19,20). The number of rotatable bonds is 6. The van der Waals surface area contributed by atoms with Crippen molar-refractivity contribution in [1.29, 1.82) is 0 Å². The molecule has 0 heterocycles. The number of hydrogen-bond acceptors (Lipinski definition) is 3. The van der Waals surface area contributed by atoms with E-state index < -0.39 is 11.4 Å². The van der Waals surface area contributed by atoms with Crippen molar-refractivity contribution < 1.29 is 14.7 Å². The maximum absolute atomic E-state index is 12.5. The van der Waals surface area contributed by atoms with Gasteiger partial charge in [-0.3, -0.25) is 9.59 Å². The molecule has 0 saturated heterocycles. The fourth-order valence-electron chi connectivity index (χ4n) is 2.40. The summed E-state index contributed by atoms with van der Waals surface area (Å²) in [4.78, 5) is 23.5. The molecule has 0 aliphatic heterocycles. The van der Waals surface area contributed by atoms with Gasteiger partial charge >= 0.3 is 5.97 Å². The van der Waals surface area contributed by atoms with Crippen molar-refractivity contribution in [1.82, 2.24) is 5.32 Å². The molecule has 0 spiro atoms. The maximum atomic E-state index is 12.5. The number of nitrogens with two attached hydrogens (primary N) is 1. The highest BCUT2D eigenvalue weighted by Crippen LogP contribution is 2.35. The number of carboxylic acid groups (broad SMARTS) is 1. The molecule has 1 atom stereocenters. The minimum Gasteiger partial charge on any atom is -0.481 e. The summed E-state index contributed by atoms with van der Waals surface area (Å²) in [5, 5.41) is 11.9. The van der Waals surface area contributed by atoms with Crippen LogP contribution in [0.15, 0.2) is 24.3 Å². The van der Waals surface area contributed by atoms with E-state index in [4.69, 9.17) is 10.8 Å². The highest BCUT2D eigenvalue weighted by molar-refractivity contribution is 5.88. The normalized spacial score (nSPS) is 16.3. The zero-order valence-corrected chi connectivity index (χ0v) is 12.4. The number of anilines is 1. The number of aliphatic carboxylic acids is 1. The highest BCUT2D eigenvalue weighted by Gasteiger charge is 2.37. The molecule has 5 nitrogen and oxygen atoms in total. The molecule has 1 aliphatic carbocycles. The molecule has 21 heavy (non-hydrogen) atoms. The fraction of sp³-hybridized carbons (Fsp3) is 0.500. The van der Waals surface area contributed by atoms with Gasteiger partial charge < -0.3 is 16.2 Å². The molecule has 1 unspecified atom stereocenters. The van der Waals surface area contributed by atoms with Gasteiger partial charge in [-0.25, -0.2) is 0 Å². The largest absolute Gasteiger partial charge is 0.481 e. The van der Waals surface area contributed by atoms with Gasteiger partial charge in [0.1, 0.15) is 0 Å². The Hall–Kier alpha value is -2.04. The smallest absolute Gasteiger partial charge is 0.305 e. The molecule has 114 valence electrons. The monoisotopic (exact) mass is 290 g/mol. The van der Waals surface area contributed by atoms with Crippen molar-refractivity contribution in [2.75, 3.05) is 5.73 Å². The average molecular weight is 290 g/mol. The van der Waals surface area contributed by atoms with Crippen LogP contribution in [0.2, 0.25) is 0 Å². The van der Waals surface area contributed by atoms with Gasteiger partial charge in [0.25, 0.3) is 0 Å². The summed E-state index contributed by atoms with van der Waals surface area (Å²) in [6.45, 7) is 3.66. The number of nitrogens with one attached hydrogen (secondary N) is 1. The van der Waals surface area contributed by atoms with E-state index in [-0.39, 0.29) is 18.4 Å². The van der Waals surface area contributed by atoms with Crippen molar-refractivity contribution >= 4 is 17.6 Å². The predicted octanol–water partition coefficient (Wildman–Crippen LogP) is 1.92. The van der Waals surface area contributed by atoms with E-state index in [1.165, 1.54) is 0 Å². The summed E-state index contributed by atoms with van der Waals surface area (Å²) in [6, 6.07) is 6.92. The van der Waals surface area contributed by atoms with E-state index in [9.17, 15) is 9.59 Å². The number of amides is 1. The summed E-state index contributed by atoms with van der Waals surface area (Å²) >= 11 is 0. The van der Waals surface area contributed by atoms with Crippen molar-refractivity contribution in [2.45, 2.75) is 44.6 Å². The summed E-state index contributed by atoms with van der Waals surface area (Å²) in [6.07, 6.45) is 1.95. The lowest BCUT2D eigenvalue weighted by molar-refractivity contribution is -0.138. The van der Waals surface area contributed by atoms with Crippen LogP contribution < -0.4 is 11.1 Å². The minimum atomic E-state index is -0.877. The minimum absolute atomic E-state index is 0.0196. The molecule has 1 fully saturated rings. The van der Waals surface area contributed by atoms with E-state index in [1.54, 1.807) is 12.1 Å². The molecule has 5 heteroatoms. The number of carbonyl (C=O) groups is 2. The first-order valence-electron chi connectivity index (χ1n) is 7.19. The van der Waals surface area contributed by atoms with Gasteiger partial charge in [-0.2, -0.15) is 0 Å². The number of carbonyl (C=O) groups excluding carboxylic acids is 1. The van der Waals surface area contributed by atoms with Crippen LogP contribution in [0.5, 0.6) is 0 Å². The van der Waals surface area contributed by atoms with Gasteiger partial charge in [-0.1, -0.05) is 12.1 Å². The molecule has 0 aromatic heterocycles. The molecule has 1 aromatic carbocycles. The zero-order chi connectivity index (χ0) is 15.6. The van der Waals surface area contributed by atoms with Gasteiger partial charge in [0.05, 0.1) is 11.8 Å². The van der Waals surface area contributed by atoms with Crippen LogP contribution in [0.4, 0.5) is 5.69 Å². The Labute approximate surface area is 124 Å². The van der Waals surface area contributed by atoms with Crippen LogP contribution in [-0.4, -0.2) is 23.0 Å². The van der Waals surface area contributed by atoms with E-state index >= 15 is 0 Å². The Kier molecular flexibility index (Phi) is 4.21. The summed E-state index contributed by atoms with van der Waals surface area (Å²) < 4.78 is 0. The van der Waals surface area contributed by atoms with E-state index in [0.29, 0.717) is 11.6 Å². The fourth-order valence-corrected chi connectivity index (χ4v) is 2.40. The van der Waals surface area contributed by atoms with Crippen LogP contribution in [0.3, 0.4) is 0 Å². The zero-order valence-electron chi connectivity index (χ0n) is 12.4. The Balaban J connectivity index is 2.09. The Morgan fingerprint density at radius 2 is 1.90 bits per heavy atom. The molecule has 1 amide bonds. The average Bonchev–Trinajstić information content (AvgIpc) is 3.22. The lowest BCUT2D eigenvalue weighted by Gasteiger charge is -2.27. The van der Waals surface area contributed by atoms with E-state index in [0.717, 1.165) is 18.4 Å². The third kappa shape index (κ3) is 3.74. The summed E-state index contributed by atoms with van der Waals surface area (Å²) in [5.74, 6) is -0.727. The van der Waals surface area contributed by atoms with Gasteiger partial charge in [0.2, 0.25) is 5.91 Å². The first kappa shape index (κ1) is 15.4. The predicted molar refractivity (Wildman–Crippen MR) is 80.8 cm³/mol. The third-order valence-electron chi connectivity index (χ3n) is 4.10. The number of carboxylic acids is 1. The van der Waals surface area contributed by atoms with Gasteiger partial charge in [0.15, 0.2) is 0 Å². The SMILES string of the molecule is CC(C)(C(=O)NC(CC(=O)O)C1CC1)c1ccc(N)cc1. The van der Waals surface area contributed by atoms with Crippen LogP contribution in [0.1, 0.15) is 38.7 Å². The second-order valence-corrected chi connectivity index (χ2v) is 6.26. The first-order valence-corrected chi connectivity index (χ1v) is 7.19. The van der Waals surface area contributed by atoms with Crippen LogP contribution in [-0.2, 0) is 15.0 Å². The quantitative estimate of drug-likeness (QED) is 0.698. The molecule has 1 saturated carbocycles. The van der Waals surface area contributed by atoms with Gasteiger partial charge in [-0.05, 0) is 50.3 Å². The molecule has 1 aromatic rings. The number of nitrogen functional groups attached to an aromatic ring is 1. The van der Waals surface area contributed by atoms with Gasteiger partial charge in [-0.15, -0.1) is 0 Å². The lowest BCUT2D eigenvalue weighted by atomic mass is 9.83. The van der Waals surface area contributed by atoms with E-state index in [1.807, 2.05) is 26.0 Å². The highest BCUT2D eigenvalue weighted by atomic mass is 16.4. The Bertz CT molecular complexity index is 533. The van der Waals surface area contributed by atoms with Crippen molar-refractivity contribution in [2.24, 2.45) is 5.92 Å². The van der Waals surface area contributed by atoms with Crippen LogP contribution >= 0.6 is 0 Å². The molecular formula is C16H22N2O3. The molecule has 4 N–H and O–H groups in total. The Morgan fingerprint density at radius 3 is 2.38 bits per heavy atom. The van der Waals surface area contributed by atoms with Crippen molar-refractivity contribution in [3.8, 4) is 0 Å². The number of hydrogen-bond donors (Lipinski definition) is 3. The molecule has 1 aliphatic rings. The van der Waals surface area contributed by atoms with E-state index in [2.05, 4.69) is 5.32 Å². The van der Waals surface area contributed by atoms with Gasteiger partial charge in [0, 0.05) is 11.7 Å². The Morgan fingerprint density at radius 1 is 1.33 bits per heavy atom. The number of benzene rings is 1. The summed E-state index contributed by atoms with van der Waals surface area (Å²) in [7, 11) is 0. The molecule has 0 bridgehead atoms. The van der Waals surface area contributed by atoms with Crippen LogP contribution in [0, 0.1) is 5.92 Å².